The molecule has 0 amide bonds. The average molecular weight is 228 g/mol. The largest absolute Gasteiger partial charge is 0.396 e. The Morgan fingerprint density at radius 3 is 3.00 bits per heavy atom. The Morgan fingerprint density at radius 2 is 2.27 bits per heavy atom. The van der Waals surface area contributed by atoms with Crippen molar-refractivity contribution in [3.63, 3.8) is 0 Å². The third-order valence-electron chi connectivity index (χ3n) is 1.65. The van der Waals surface area contributed by atoms with Gasteiger partial charge in [-0.1, -0.05) is 0 Å². The molecule has 0 spiro atoms. The van der Waals surface area contributed by atoms with Gasteiger partial charge in [0.1, 0.15) is 11.6 Å². The molecule has 0 atom stereocenters. The summed E-state index contributed by atoms with van der Waals surface area (Å²) in [4.78, 5) is 7.98. The molecule has 0 unspecified atom stereocenters. The van der Waals surface area contributed by atoms with Gasteiger partial charge in [0, 0.05) is 18.9 Å². The molecule has 0 aliphatic carbocycles. The number of hydrogen-bond donors (Lipinski definition) is 3. The van der Waals surface area contributed by atoms with E-state index in [-0.39, 0.29) is 6.61 Å². The van der Waals surface area contributed by atoms with Crippen LogP contribution >= 0.6 is 11.8 Å². The lowest BCUT2D eigenvalue weighted by atomic mass is 10.5. The maximum Gasteiger partial charge on any atom is 0.146 e. The Hall–Kier alpha value is -1.01. The van der Waals surface area contributed by atoms with Gasteiger partial charge in [-0.15, -0.1) is 0 Å². The molecule has 4 N–H and O–H groups in total. The number of aliphatic hydroxyl groups is 1. The SMILES string of the molecule is Nc1cncc(NCCSCCCO)n1. The second-order valence-corrected chi connectivity index (χ2v) is 4.17. The number of rotatable bonds is 7. The Bertz CT molecular complexity index is 285. The zero-order valence-electron chi connectivity index (χ0n) is 8.52. The van der Waals surface area contributed by atoms with E-state index in [1.807, 2.05) is 0 Å². The fourth-order valence-corrected chi connectivity index (χ4v) is 1.77. The molecule has 0 radical (unpaired) electrons. The van der Waals surface area contributed by atoms with Crippen LogP contribution in [0.5, 0.6) is 0 Å². The number of hydrogen-bond acceptors (Lipinski definition) is 6. The van der Waals surface area contributed by atoms with Crippen LogP contribution in [-0.2, 0) is 0 Å². The van der Waals surface area contributed by atoms with Gasteiger partial charge < -0.3 is 16.2 Å². The minimum Gasteiger partial charge on any atom is -0.396 e. The highest BCUT2D eigenvalue weighted by molar-refractivity contribution is 7.99. The normalized spacial score (nSPS) is 10.2. The number of nitrogen functional groups attached to an aromatic ring is 1. The van der Waals surface area contributed by atoms with E-state index in [4.69, 9.17) is 10.8 Å². The summed E-state index contributed by atoms with van der Waals surface area (Å²) in [6.07, 6.45) is 4.01. The summed E-state index contributed by atoms with van der Waals surface area (Å²) in [5.41, 5.74) is 5.48. The van der Waals surface area contributed by atoms with Crippen molar-refractivity contribution in [3.8, 4) is 0 Å². The van der Waals surface area contributed by atoms with Gasteiger partial charge in [0.2, 0.25) is 0 Å². The van der Waals surface area contributed by atoms with Crippen LogP contribution in [-0.4, -0.2) is 39.7 Å². The van der Waals surface area contributed by atoms with Gasteiger partial charge in [-0.3, -0.25) is 4.98 Å². The van der Waals surface area contributed by atoms with Crippen molar-refractivity contribution in [2.45, 2.75) is 6.42 Å². The summed E-state index contributed by atoms with van der Waals surface area (Å²) in [6, 6.07) is 0. The lowest BCUT2D eigenvalue weighted by molar-refractivity contribution is 0.296. The first kappa shape index (κ1) is 12.1. The van der Waals surface area contributed by atoms with Crippen molar-refractivity contribution in [1.82, 2.24) is 9.97 Å². The fourth-order valence-electron chi connectivity index (χ4n) is 0.986. The zero-order chi connectivity index (χ0) is 10.9. The second kappa shape index (κ2) is 7.30. The Labute approximate surface area is 93.5 Å². The van der Waals surface area contributed by atoms with Crippen molar-refractivity contribution in [1.29, 1.82) is 0 Å². The Kier molecular flexibility index (Phi) is 5.87. The fraction of sp³-hybridized carbons (Fsp3) is 0.556. The van der Waals surface area contributed by atoms with Crippen LogP contribution in [0.3, 0.4) is 0 Å². The van der Waals surface area contributed by atoms with E-state index < -0.39 is 0 Å². The Balaban J connectivity index is 2.10. The predicted molar refractivity (Wildman–Crippen MR) is 64.0 cm³/mol. The van der Waals surface area contributed by atoms with Crippen LogP contribution in [0, 0.1) is 0 Å². The molecule has 5 nitrogen and oxygen atoms in total. The molecule has 0 saturated heterocycles. The van der Waals surface area contributed by atoms with Crippen molar-refractivity contribution in [2.24, 2.45) is 0 Å². The molecule has 0 aliphatic rings. The van der Waals surface area contributed by atoms with Gasteiger partial charge in [-0.2, -0.15) is 11.8 Å². The average Bonchev–Trinajstić information content (AvgIpc) is 2.23. The van der Waals surface area contributed by atoms with E-state index in [1.165, 1.54) is 6.20 Å². The van der Waals surface area contributed by atoms with Gasteiger partial charge in [0.25, 0.3) is 0 Å². The smallest absolute Gasteiger partial charge is 0.146 e. The number of aliphatic hydroxyl groups excluding tert-OH is 1. The molecule has 15 heavy (non-hydrogen) atoms. The standard InChI is InChI=1S/C9H16N4OS/c10-8-6-11-7-9(13-8)12-2-5-15-4-1-3-14/h6-7,14H,1-5H2,(H3,10,12,13). The maximum absolute atomic E-state index is 8.57. The quantitative estimate of drug-likeness (QED) is 0.592. The Morgan fingerprint density at radius 1 is 1.40 bits per heavy atom. The molecule has 84 valence electrons. The van der Waals surface area contributed by atoms with Gasteiger partial charge >= 0.3 is 0 Å². The van der Waals surface area contributed by atoms with E-state index in [1.54, 1.807) is 18.0 Å². The summed E-state index contributed by atoms with van der Waals surface area (Å²) >= 11 is 1.80. The lowest BCUT2D eigenvalue weighted by Crippen LogP contribution is -2.07. The first-order chi connectivity index (χ1) is 7.33. The second-order valence-electron chi connectivity index (χ2n) is 2.95. The molecular formula is C9H16N4OS. The van der Waals surface area contributed by atoms with Gasteiger partial charge in [-0.05, 0) is 12.2 Å². The van der Waals surface area contributed by atoms with E-state index in [0.717, 1.165) is 24.5 Å². The minimum atomic E-state index is 0.265. The van der Waals surface area contributed by atoms with E-state index in [2.05, 4.69) is 15.3 Å². The summed E-state index contributed by atoms with van der Waals surface area (Å²) in [7, 11) is 0. The molecule has 6 heteroatoms. The molecule has 1 aromatic heterocycles. The summed E-state index contributed by atoms with van der Waals surface area (Å²) in [6.45, 7) is 1.09. The molecule has 0 aromatic carbocycles. The van der Waals surface area contributed by atoms with Crippen LogP contribution in [0.15, 0.2) is 12.4 Å². The number of anilines is 2. The number of nitrogens with two attached hydrogens (primary N) is 1. The molecule has 0 fully saturated rings. The third-order valence-corrected chi connectivity index (χ3v) is 2.72. The summed E-state index contributed by atoms with van der Waals surface area (Å²) < 4.78 is 0. The lowest BCUT2D eigenvalue weighted by Gasteiger charge is -2.04. The third kappa shape index (κ3) is 5.44. The number of nitrogens with zero attached hydrogens (tertiary/aromatic N) is 2. The first-order valence-corrected chi connectivity index (χ1v) is 5.98. The molecular weight excluding hydrogens is 212 g/mol. The molecule has 1 heterocycles. The minimum absolute atomic E-state index is 0.265. The van der Waals surface area contributed by atoms with Crippen LogP contribution in [0.2, 0.25) is 0 Å². The molecule has 0 bridgehead atoms. The van der Waals surface area contributed by atoms with Gasteiger partial charge in [0.15, 0.2) is 0 Å². The van der Waals surface area contributed by atoms with Gasteiger partial charge in [-0.25, -0.2) is 4.98 Å². The van der Waals surface area contributed by atoms with Crippen molar-refractivity contribution in [2.75, 3.05) is 35.7 Å². The van der Waals surface area contributed by atoms with Gasteiger partial charge in [0.05, 0.1) is 12.4 Å². The van der Waals surface area contributed by atoms with Crippen LogP contribution < -0.4 is 11.1 Å². The van der Waals surface area contributed by atoms with Crippen LogP contribution in [0.25, 0.3) is 0 Å². The van der Waals surface area contributed by atoms with Crippen molar-refractivity contribution in [3.05, 3.63) is 12.4 Å². The summed E-state index contributed by atoms with van der Waals surface area (Å²) in [5.74, 6) is 3.10. The molecule has 1 aromatic rings. The predicted octanol–water partition coefficient (Wildman–Crippen LogP) is 0.586. The van der Waals surface area contributed by atoms with E-state index >= 15 is 0 Å². The van der Waals surface area contributed by atoms with Crippen LogP contribution in [0.1, 0.15) is 6.42 Å². The molecule has 0 saturated carbocycles. The highest BCUT2D eigenvalue weighted by atomic mass is 32.2. The summed E-state index contributed by atoms with van der Waals surface area (Å²) in [5, 5.41) is 11.7. The van der Waals surface area contributed by atoms with E-state index in [9.17, 15) is 0 Å². The van der Waals surface area contributed by atoms with Crippen molar-refractivity contribution < 1.29 is 5.11 Å². The number of aromatic nitrogens is 2. The van der Waals surface area contributed by atoms with Crippen LogP contribution in [0.4, 0.5) is 11.6 Å². The highest BCUT2D eigenvalue weighted by Crippen LogP contribution is 2.05. The van der Waals surface area contributed by atoms with E-state index in [0.29, 0.717) is 11.6 Å². The number of thioether (sulfide) groups is 1. The zero-order valence-corrected chi connectivity index (χ0v) is 9.33. The molecule has 0 aliphatic heterocycles. The first-order valence-electron chi connectivity index (χ1n) is 4.83. The topological polar surface area (TPSA) is 84.1 Å². The number of nitrogens with one attached hydrogen (secondary N) is 1. The monoisotopic (exact) mass is 228 g/mol. The van der Waals surface area contributed by atoms with Crippen molar-refractivity contribution >= 4 is 23.4 Å². The molecule has 1 rings (SSSR count). The highest BCUT2D eigenvalue weighted by Gasteiger charge is 1.94. The maximum atomic E-state index is 8.57.